The third-order valence-corrected chi connectivity index (χ3v) is 4.16. The first kappa shape index (κ1) is 20.4. The SMILES string of the molecule is CC(C)OC(=O)C(C)(C)Oc1ccc(C(F)(F)c2ccc(Br)cc2)cc1. The highest BCUT2D eigenvalue weighted by Crippen LogP contribution is 2.37. The Bertz CT molecular complexity index is 754. The molecule has 0 radical (unpaired) electrons. The molecular formula is C20H21BrF2O3. The Kier molecular flexibility index (Phi) is 6.06. The van der Waals surface area contributed by atoms with E-state index in [1.54, 1.807) is 39.8 Å². The maximum Gasteiger partial charge on any atom is 0.350 e. The molecule has 3 nitrogen and oxygen atoms in total. The Labute approximate surface area is 160 Å². The van der Waals surface area contributed by atoms with Gasteiger partial charge in [-0.1, -0.05) is 28.1 Å². The van der Waals surface area contributed by atoms with Gasteiger partial charge in [0.2, 0.25) is 0 Å². The van der Waals surface area contributed by atoms with Gasteiger partial charge >= 0.3 is 5.97 Å². The van der Waals surface area contributed by atoms with Gasteiger partial charge < -0.3 is 9.47 Å². The Hall–Kier alpha value is -1.95. The van der Waals surface area contributed by atoms with Crippen LogP contribution in [0.25, 0.3) is 0 Å². The van der Waals surface area contributed by atoms with Crippen molar-refractivity contribution < 1.29 is 23.0 Å². The number of hydrogen-bond acceptors (Lipinski definition) is 3. The van der Waals surface area contributed by atoms with Gasteiger partial charge in [-0.25, -0.2) is 4.79 Å². The van der Waals surface area contributed by atoms with Gasteiger partial charge in [-0.2, -0.15) is 8.78 Å². The lowest BCUT2D eigenvalue weighted by atomic mass is 10.0. The molecule has 140 valence electrons. The maximum absolute atomic E-state index is 14.6. The van der Waals surface area contributed by atoms with Crippen LogP contribution in [0.2, 0.25) is 0 Å². The van der Waals surface area contributed by atoms with E-state index < -0.39 is 17.5 Å². The summed E-state index contributed by atoms with van der Waals surface area (Å²) in [6, 6.07) is 11.3. The largest absolute Gasteiger partial charge is 0.476 e. The predicted molar refractivity (Wildman–Crippen MR) is 99.5 cm³/mol. The van der Waals surface area contributed by atoms with Gasteiger partial charge in [0.25, 0.3) is 5.92 Å². The number of alkyl halides is 2. The van der Waals surface area contributed by atoms with Crippen molar-refractivity contribution in [2.75, 3.05) is 0 Å². The van der Waals surface area contributed by atoms with Gasteiger partial charge in [-0.15, -0.1) is 0 Å². The normalized spacial score (nSPS) is 12.2. The minimum Gasteiger partial charge on any atom is -0.476 e. The lowest BCUT2D eigenvalue weighted by molar-refractivity contribution is -0.163. The summed E-state index contributed by atoms with van der Waals surface area (Å²) in [5.74, 6) is -3.34. The average molecular weight is 427 g/mol. The molecule has 2 aromatic carbocycles. The van der Waals surface area contributed by atoms with E-state index in [0.717, 1.165) is 4.47 Å². The molecule has 6 heteroatoms. The number of carbonyl (C=O) groups is 1. The molecule has 0 bridgehead atoms. The highest BCUT2D eigenvalue weighted by Gasteiger charge is 2.35. The molecule has 0 N–H and O–H groups in total. The first-order chi connectivity index (χ1) is 12.0. The van der Waals surface area contributed by atoms with Crippen molar-refractivity contribution in [3.8, 4) is 5.75 Å². The lowest BCUT2D eigenvalue weighted by Crippen LogP contribution is -2.40. The van der Waals surface area contributed by atoms with Gasteiger partial charge in [0.15, 0.2) is 5.60 Å². The number of carbonyl (C=O) groups excluding carboxylic acids is 1. The van der Waals surface area contributed by atoms with Crippen LogP contribution < -0.4 is 4.74 Å². The highest BCUT2D eigenvalue weighted by atomic mass is 79.9. The van der Waals surface area contributed by atoms with E-state index in [1.807, 2.05) is 0 Å². The molecule has 0 amide bonds. The number of halogens is 3. The highest BCUT2D eigenvalue weighted by molar-refractivity contribution is 9.10. The van der Waals surface area contributed by atoms with Crippen LogP contribution in [0.1, 0.15) is 38.8 Å². The number of ether oxygens (including phenoxy) is 2. The lowest BCUT2D eigenvalue weighted by Gasteiger charge is -2.26. The minimum absolute atomic E-state index is 0.102. The Morgan fingerprint density at radius 3 is 1.88 bits per heavy atom. The molecule has 0 saturated carbocycles. The second-order valence-corrected chi connectivity index (χ2v) is 7.59. The van der Waals surface area contributed by atoms with Crippen LogP contribution in [0.15, 0.2) is 53.0 Å². The smallest absolute Gasteiger partial charge is 0.350 e. The topological polar surface area (TPSA) is 35.5 Å². The summed E-state index contributed by atoms with van der Waals surface area (Å²) < 4.78 is 40.8. The van der Waals surface area contributed by atoms with Gasteiger partial charge in [0.05, 0.1) is 6.10 Å². The van der Waals surface area contributed by atoms with E-state index in [2.05, 4.69) is 15.9 Å². The Morgan fingerprint density at radius 2 is 1.42 bits per heavy atom. The standard InChI is InChI=1S/C20H21BrF2O3/c1-13(2)25-18(24)19(3,4)26-17-11-7-15(8-12-17)20(22,23)14-5-9-16(21)10-6-14/h5-13H,1-4H3. The van der Waals surface area contributed by atoms with Crippen molar-refractivity contribution >= 4 is 21.9 Å². The molecule has 26 heavy (non-hydrogen) atoms. The van der Waals surface area contributed by atoms with E-state index in [9.17, 15) is 13.6 Å². The van der Waals surface area contributed by atoms with Gasteiger partial charge in [0, 0.05) is 15.6 Å². The second kappa shape index (κ2) is 7.74. The molecule has 0 aromatic heterocycles. The third kappa shape index (κ3) is 4.81. The van der Waals surface area contributed by atoms with Crippen LogP contribution >= 0.6 is 15.9 Å². The summed E-state index contributed by atoms with van der Waals surface area (Å²) in [6.07, 6.45) is -0.266. The average Bonchev–Trinajstić information content (AvgIpc) is 2.54. The molecule has 2 aromatic rings. The minimum atomic E-state index is -3.13. The maximum atomic E-state index is 14.6. The molecule has 2 rings (SSSR count). The van der Waals surface area contributed by atoms with Crippen molar-refractivity contribution in [3.05, 3.63) is 64.1 Å². The summed E-state index contributed by atoms with van der Waals surface area (Å²) in [5.41, 5.74) is -1.48. The number of hydrogen-bond donors (Lipinski definition) is 0. The fourth-order valence-electron chi connectivity index (χ4n) is 2.25. The van der Waals surface area contributed by atoms with Crippen molar-refractivity contribution in [2.45, 2.75) is 45.3 Å². The zero-order valence-electron chi connectivity index (χ0n) is 15.1. The summed E-state index contributed by atoms with van der Waals surface area (Å²) >= 11 is 3.23. The van der Waals surface area contributed by atoms with Crippen LogP contribution in [0, 0.1) is 0 Å². The van der Waals surface area contributed by atoms with Gasteiger partial charge in [-0.05, 0) is 64.1 Å². The van der Waals surface area contributed by atoms with E-state index in [0.29, 0.717) is 5.75 Å². The van der Waals surface area contributed by atoms with Crippen molar-refractivity contribution in [3.63, 3.8) is 0 Å². The van der Waals surface area contributed by atoms with Gasteiger partial charge in [0.1, 0.15) is 5.75 Å². The Morgan fingerprint density at radius 1 is 0.962 bits per heavy atom. The molecule has 0 aliphatic heterocycles. The second-order valence-electron chi connectivity index (χ2n) is 6.67. The molecule has 0 aliphatic carbocycles. The fourth-order valence-corrected chi connectivity index (χ4v) is 2.51. The zero-order valence-corrected chi connectivity index (χ0v) is 16.6. The van der Waals surface area contributed by atoms with Crippen LogP contribution in [0.4, 0.5) is 8.78 Å². The monoisotopic (exact) mass is 426 g/mol. The summed E-state index contributed by atoms with van der Waals surface area (Å²) in [5, 5.41) is 0. The first-order valence-electron chi connectivity index (χ1n) is 8.17. The number of rotatable bonds is 6. The van der Waals surface area contributed by atoms with Crippen molar-refractivity contribution in [1.29, 1.82) is 0 Å². The van der Waals surface area contributed by atoms with E-state index in [4.69, 9.17) is 9.47 Å². The van der Waals surface area contributed by atoms with E-state index in [-0.39, 0.29) is 17.2 Å². The zero-order chi connectivity index (χ0) is 19.5. The molecular weight excluding hydrogens is 406 g/mol. The molecule has 0 fully saturated rings. The number of esters is 1. The first-order valence-corrected chi connectivity index (χ1v) is 8.96. The predicted octanol–water partition coefficient (Wildman–Crippen LogP) is 5.70. The van der Waals surface area contributed by atoms with Crippen molar-refractivity contribution in [2.24, 2.45) is 0 Å². The Balaban J connectivity index is 2.17. The molecule has 0 spiro atoms. The fraction of sp³-hybridized carbons (Fsp3) is 0.350. The van der Waals surface area contributed by atoms with Gasteiger partial charge in [-0.3, -0.25) is 0 Å². The molecule has 0 saturated heterocycles. The molecule has 0 atom stereocenters. The summed E-state index contributed by atoms with van der Waals surface area (Å²) in [7, 11) is 0. The van der Waals surface area contributed by atoms with Crippen LogP contribution in [-0.2, 0) is 15.5 Å². The van der Waals surface area contributed by atoms with Crippen LogP contribution in [0.3, 0.4) is 0 Å². The van der Waals surface area contributed by atoms with Crippen LogP contribution in [-0.4, -0.2) is 17.7 Å². The third-order valence-electron chi connectivity index (χ3n) is 3.63. The number of benzene rings is 2. The van der Waals surface area contributed by atoms with Crippen LogP contribution in [0.5, 0.6) is 5.75 Å². The van der Waals surface area contributed by atoms with E-state index >= 15 is 0 Å². The quantitative estimate of drug-likeness (QED) is 0.555. The van der Waals surface area contributed by atoms with Crippen molar-refractivity contribution in [1.82, 2.24) is 0 Å². The molecule has 0 heterocycles. The summed E-state index contributed by atoms with van der Waals surface area (Å²) in [4.78, 5) is 12.0. The summed E-state index contributed by atoms with van der Waals surface area (Å²) in [6.45, 7) is 6.63. The molecule has 0 aliphatic rings. The molecule has 0 unspecified atom stereocenters. The van der Waals surface area contributed by atoms with E-state index in [1.165, 1.54) is 36.4 Å².